The van der Waals surface area contributed by atoms with E-state index in [4.69, 9.17) is 5.73 Å². The number of aromatic nitrogens is 2. The van der Waals surface area contributed by atoms with Crippen LogP contribution in [-0.2, 0) is 12.8 Å². The third kappa shape index (κ3) is 3.73. The average Bonchev–Trinajstić information content (AvgIpc) is 3.31. The van der Waals surface area contributed by atoms with E-state index in [0.29, 0.717) is 39.4 Å². The number of thiophene rings is 1. The van der Waals surface area contributed by atoms with E-state index in [9.17, 15) is 4.79 Å². The van der Waals surface area contributed by atoms with Crippen LogP contribution in [0.25, 0.3) is 10.3 Å². The van der Waals surface area contributed by atoms with Gasteiger partial charge in [0, 0.05) is 43.1 Å². The van der Waals surface area contributed by atoms with Crippen molar-refractivity contribution in [2.45, 2.75) is 57.2 Å². The Hall–Kier alpha value is -2.78. The van der Waals surface area contributed by atoms with Gasteiger partial charge in [0.25, 0.3) is 5.91 Å². The molecule has 172 valence electrons. The van der Waals surface area contributed by atoms with Crippen LogP contribution in [0.2, 0.25) is 0 Å². The van der Waals surface area contributed by atoms with Crippen LogP contribution in [-0.4, -0.2) is 47.1 Å². The van der Waals surface area contributed by atoms with Gasteiger partial charge >= 0.3 is 0 Å². The highest BCUT2D eigenvalue weighted by Crippen LogP contribution is 2.33. The normalized spacial score (nSPS) is 24.2. The van der Waals surface area contributed by atoms with Crippen LogP contribution in [0.4, 0.5) is 15.8 Å². The second-order valence-electron chi connectivity index (χ2n) is 9.53. The molecule has 6 rings (SSSR count). The maximum Gasteiger partial charge on any atom is 0.263 e. The summed E-state index contributed by atoms with van der Waals surface area (Å²) in [6.07, 6.45) is 6.05. The quantitative estimate of drug-likeness (QED) is 0.549. The maximum atomic E-state index is 15.2. The van der Waals surface area contributed by atoms with Crippen LogP contribution in [0.5, 0.6) is 0 Å². The van der Waals surface area contributed by atoms with Gasteiger partial charge in [0.2, 0.25) is 0 Å². The second kappa shape index (κ2) is 7.92. The van der Waals surface area contributed by atoms with Crippen molar-refractivity contribution < 1.29 is 9.18 Å². The molecule has 2 bridgehead atoms. The smallest absolute Gasteiger partial charge is 0.263 e. The Morgan fingerprint density at radius 3 is 2.85 bits per heavy atom. The standard InChI is InChI=1S/C24H27FN6OS/c1-12-9-27-21-20(26)22(33-24(21)28-12)23(32)30-14-3-2-13-6-17(8-19(25)18(13)7-14)31-10-15-4-5-16(11-31)29-15/h6,8-9,14-16,29H,2-5,7,10-11,26H2,1H3,(H,30,32)/t14-,15?,16?/m0/s1. The number of benzene rings is 1. The Labute approximate surface area is 195 Å². The third-order valence-electron chi connectivity index (χ3n) is 7.17. The lowest BCUT2D eigenvalue weighted by Crippen LogP contribution is -2.51. The fourth-order valence-corrected chi connectivity index (χ4v) is 6.51. The van der Waals surface area contributed by atoms with Crippen molar-refractivity contribution in [3.8, 4) is 0 Å². The second-order valence-corrected chi connectivity index (χ2v) is 10.5. The first-order valence-electron chi connectivity index (χ1n) is 11.6. The number of amides is 1. The van der Waals surface area contributed by atoms with Crippen molar-refractivity contribution >= 4 is 39.0 Å². The van der Waals surface area contributed by atoms with Crippen molar-refractivity contribution in [2.24, 2.45) is 0 Å². The average molecular weight is 467 g/mol. The number of anilines is 2. The van der Waals surface area contributed by atoms with E-state index in [1.54, 1.807) is 12.3 Å². The van der Waals surface area contributed by atoms with E-state index < -0.39 is 0 Å². The highest BCUT2D eigenvalue weighted by Gasteiger charge is 2.33. The first kappa shape index (κ1) is 20.8. The summed E-state index contributed by atoms with van der Waals surface area (Å²) in [7, 11) is 0. The van der Waals surface area contributed by atoms with Gasteiger partial charge in [0.15, 0.2) is 0 Å². The van der Waals surface area contributed by atoms with Crippen LogP contribution in [0.15, 0.2) is 18.3 Å². The molecular formula is C24H27FN6OS. The number of hydrogen-bond donors (Lipinski definition) is 3. The molecule has 3 atom stereocenters. The summed E-state index contributed by atoms with van der Waals surface area (Å²) < 4.78 is 15.2. The highest BCUT2D eigenvalue weighted by molar-refractivity contribution is 7.21. The number of halogens is 1. The Morgan fingerprint density at radius 1 is 1.27 bits per heavy atom. The zero-order valence-corrected chi connectivity index (χ0v) is 19.3. The first-order valence-corrected chi connectivity index (χ1v) is 12.4. The van der Waals surface area contributed by atoms with Gasteiger partial charge < -0.3 is 21.3 Å². The predicted molar refractivity (Wildman–Crippen MR) is 128 cm³/mol. The fraction of sp³-hybridized carbons (Fsp3) is 0.458. The van der Waals surface area contributed by atoms with Gasteiger partial charge in [-0.3, -0.25) is 4.79 Å². The van der Waals surface area contributed by atoms with E-state index >= 15 is 4.39 Å². The number of piperazine rings is 1. The molecule has 1 aromatic carbocycles. The summed E-state index contributed by atoms with van der Waals surface area (Å²) >= 11 is 1.25. The molecule has 9 heteroatoms. The van der Waals surface area contributed by atoms with Crippen LogP contribution in [0, 0.1) is 12.7 Å². The molecule has 2 aromatic heterocycles. The van der Waals surface area contributed by atoms with Crippen molar-refractivity contribution in [2.75, 3.05) is 23.7 Å². The number of nitrogens with two attached hydrogens (primary N) is 1. The molecule has 2 fully saturated rings. The van der Waals surface area contributed by atoms with Crippen molar-refractivity contribution in [1.29, 1.82) is 0 Å². The molecule has 2 aliphatic heterocycles. The van der Waals surface area contributed by atoms with Gasteiger partial charge in [-0.1, -0.05) is 0 Å². The number of carbonyl (C=O) groups excluding carboxylic acids is 1. The van der Waals surface area contributed by atoms with Crippen molar-refractivity contribution in [1.82, 2.24) is 20.6 Å². The van der Waals surface area contributed by atoms with Crippen molar-refractivity contribution in [3.05, 3.63) is 45.8 Å². The van der Waals surface area contributed by atoms with Gasteiger partial charge in [0.05, 0.1) is 11.4 Å². The molecule has 3 aromatic rings. The number of nitrogens with zero attached hydrogens (tertiary/aromatic N) is 3. The molecule has 33 heavy (non-hydrogen) atoms. The molecule has 0 radical (unpaired) electrons. The number of nitrogen functional groups attached to an aromatic ring is 1. The lowest BCUT2D eigenvalue weighted by molar-refractivity contribution is 0.0938. The molecule has 2 unspecified atom stereocenters. The van der Waals surface area contributed by atoms with Gasteiger partial charge in [0.1, 0.15) is 21.0 Å². The van der Waals surface area contributed by atoms with Gasteiger partial charge in [-0.25, -0.2) is 14.4 Å². The minimum atomic E-state index is -0.239. The Bertz CT molecular complexity index is 1250. The summed E-state index contributed by atoms with van der Waals surface area (Å²) in [5.41, 5.74) is 10.7. The largest absolute Gasteiger partial charge is 0.396 e. The van der Waals surface area contributed by atoms with Crippen molar-refractivity contribution in [3.63, 3.8) is 0 Å². The lowest BCUT2D eigenvalue weighted by atomic mass is 9.87. The zero-order chi connectivity index (χ0) is 22.7. The molecule has 0 saturated carbocycles. The number of nitrogens with one attached hydrogen (secondary N) is 2. The minimum absolute atomic E-state index is 0.132. The topological polar surface area (TPSA) is 96.2 Å². The molecule has 1 aliphatic carbocycles. The lowest BCUT2D eigenvalue weighted by Gasteiger charge is -2.35. The number of fused-ring (bicyclic) bond motifs is 4. The van der Waals surface area contributed by atoms with Gasteiger partial charge in [-0.2, -0.15) is 0 Å². The fourth-order valence-electron chi connectivity index (χ4n) is 5.51. The summed E-state index contributed by atoms with van der Waals surface area (Å²) in [6.45, 7) is 3.73. The molecule has 3 aliphatic rings. The van der Waals surface area contributed by atoms with E-state index in [0.717, 1.165) is 48.4 Å². The molecule has 0 spiro atoms. The Balaban J connectivity index is 1.19. The number of carbonyl (C=O) groups is 1. The van der Waals surface area contributed by atoms with Crippen LogP contribution in [0.3, 0.4) is 0 Å². The van der Waals surface area contributed by atoms with Crippen LogP contribution < -0.4 is 21.3 Å². The zero-order valence-electron chi connectivity index (χ0n) is 18.5. The molecule has 1 amide bonds. The number of aryl methyl sites for hydroxylation is 2. The molecular weight excluding hydrogens is 439 g/mol. The minimum Gasteiger partial charge on any atom is -0.396 e. The van der Waals surface area contributed by atoms with Crippen LogP contribution in [0.1, 0.15) is 45.8 Å². The number of hydrogen-bond acceptors (Lipinski definition) is 7. The van der Waals surface area contributed by atoms with Crippen LogP contribution >= 0.6 is 11.3 Å². The van der Waals surface area contributed by atoms with E-state index in [1.165, 1.54) is 24.2 Å². The molecule has 7 nitrogen and oxygen atoms in total. The molecule has 4 N–H and O–H groups in total. The monoisotopic (exact) mass is 466 g/mol. The summed E-state index contributed by atoms with van der Waals surface area (Å²) in [6, 6.07) is 4.73. The predicted octanol–water partition coefficient (Wildman–Crippen LogP) is 2.95. The Morgan fingerprint density at radius 2 is 2.06 bits per heavy atom. The highest BCUT2D eigenvalue weighted by atomic mass is 32.1. The first-order chi connectivity index (χ1) is 15.9. The maximum absolute atomic E-state index is 15.2. The summed E-state index contributed by atoms with van der Waals surface area (Å²) in [5, 5.41) is 6.70. The SMILES string of the molecule is Cc1cnc2c(N)c(C(=O)N[C@H]3CCc4cc(N5CC6CCC(C5)N6)cc(F)c4C3)sc2n1. The Kier molecular flexibility index (Phi) is 4.99. The van der Waals surface area contributed by atoms with E-state index in [1.807, 2.05) is 6.92 Å². The van der Waals surface area contributed by atoms with E-state index in [2.05, 4.69) is 31.6 Å². The summed E-state index contributed by atoms with van der Waals surface area (Å²) in [4.78, 5) is 25.1. The third-order valence-corrected chi connectivity index (χ3v) is 8.26. The van der Waals surface area contributed by atoms with Gasteiger partial charge in [-0.15, -0.1) is 11.3 Å². The molecule has 4 heterocycles. The molecule has 2 saturated heterocycles. The van der Waals surface area contributed by atoms with E-state index in [-0.39, 0.29) is 17.8 Å². The number of rotatable bonds is 3. The van der Waals surface area contributed by atoms with Gasteiger partial charge in [-0.05, 0) is 62.3 Å². The summed E-state index contributed by atoms with van der Waals surface area (Å²) in [5.74, 6) is -0.408.